The van der Waals surface area contributed by atoms with Gasteiger partial charge in [0, 0.05) is 24.8 Å². The van der Waals surface area contributed by atoms with E-state index in [0.717, 1.165) is 49.3 Å². The summed E-state index contributed by atoms with van der Waals surface area (Å²) in [7, 11) is 0. The summed E-state index contributed by atoms with van der Waals surface area (Å²) in [5, 5.41) is 16.4. The van der Waals surface area contributed by atoms with Gasteiger partial charge in [-0.25, -0.2) is 4.99 Å². The molecule has 0 atom stereocenters. The number of aliphatic imine (C=N–C) groups is 1. The normalized spacial score (nSPS) is 20.0. The molecule has 0 aliphatic heterocycles. The second-order valence-electron chi connectivity index (χ2n) is 7.33. The molecule has 0 amide bonds. The fourth-order valence-electron chi connectivity index (χ4n) is 3.44. The van der Waals surface area contributed by atoms with Gasteiger partial charge in [-0.2, -0.15) is 0 Å². The summed E-state index contributed by atoms with van der Waals surface area (Å²) in [6, 6.07) is 13.8. The number of rotatable bonds is 6. The van der Waals surface area contributed by atoms with E-state index in [-0.39, 0.29) is 11.7 Å². The molecule has 0 saturated heterocycles. The molecule has 0 unspecified atom stereocenters. The summed E-state index contributed by atoms with van der Waals surface area (Å²) in [6.07, 6.45) is 5.30. The molecule has 3 N–H and O–H groups in total. The fourth-order valence-corrected chi connectivity index (χ4v) is 3.44. The first kappa shape index (κ1) is 20.1. The topological polar surface area (TPSA) is 78.7 Å². The lowest BCUT2D eigenvalue weighted by atomic mass is 9.93. The van der Waals surface area contributed by atoms with Crippen LogP contribution in [0.15, 0.2) is 58.4 Å². The van der Waals surface area contributed by atoms with Crippen LogP contribution in [-0.2, 0) is 13.1 Å². The number of nitrogens with one attached hydrogen (secondary N) is 2. The number of benzene rings is 1. The van der Waals surface area contributed by atoms with Gasteiger partial charge in [0.15, 0.2) is 5.96 Å². The molecule has 0 radical (unpaired) electrons. The molecule has 1 heterocycles. The molecule has 1 fully saturated rings. The van der Waals surface area contributed by atoms with Gasteiger partial charge in [0.25, 0.3) is 5.56 Å². The predicted octanol–water partition coefficient (Wildman–Crippen LogP) is 2.26. The molecule has 6 nitrogen and oxygen atoms in total. The van der Waals surface area contributed by atoms with Crippen molar-refractivity contribution in [3.63, 3.8) is 0 Å². The minimum absolute atomic E-state index is 0.00719. The lowest BCUT2D eigenvalue weighted by Gasteiger charge is -2.27. The molecule has 6 heteroatoms. The maximum Gasteiger partial charge on any atom is 0.250 e. The lowest BCUT2D eigenvalue weighted by Crippen LogP contribution is -2.45. The summed E-state index contributed by atoms with van der Waals surface area (Å²) in [4.78, 5) is 16.5. The molecule has 0 bridgehead atoms. The minimum Gasteiger partial charge on any atom is -0.393 e. The Bertz CT molecular complexity index is 821. The Morgan fingerprint density at radius 2 is 1.82 bits per heavy atom. The standard InChI is InChI=1S/C22H30N4O2/c1-2-23-22(25-19-10-12-20(27)13-11-19)24-15-17-6-8-18(9-7-17)16-26-14-4-3-5-21(26)28/h3-9,14,19-20,27H,2,10-13,15-16H2,1H3,(H2,23,24,25). The summed E-state index contributed by atoms with van der Waals surface area (Å²) in [5.74, 6) is 0.823. The van der Waals surface area contributed by atoms with Crippen molar-refractivity contribution in [2.24, 2.45) is 4.99 Å². The first-order chi connectivity index (χ1) is 13.6. The van der Waals surface area contributed by atoms with E-state index in [1.807, 2.05) is 18.2 Å². The van der Waals surface area contributed by atoms with Gasteiger partial charge in [-0.1, -0.05) is 30.3 Å². The van der Waals surface area contributed by atoms with E-state index < -0.39 is 0 Å². The van der Waals surface area contributed by atoms with Crippen molar-refractivity contribution in [3.05, 3.63) is 70.1 Å². The average Bonchev–Trinajstić information content (AvgIpc) is 2.71. The molecule has 1 saturated carbocycles. The van der Waals surface area contributed by atoms with Gasteiger partial charge in [-0.15, -0.1) is 0 Å². The minimum atomic E-state index is -0.150. The Labute approximate surface area is 166 Å². The summed E-state index contributed by atoms with van der Waals surface area (Å²) in [5.41, 5.74) is 2.22. The van der Waals surface area contributed by atoms with E-state index >= 15 is 0 Å². The molecule has 1 aromatic carbocycles. The van der Waals surface area contributed by atoms with Crippen LogP contribution in [0.2, 0.25) is 0 Å². The highest BCUT2D eigenvalue weighted by atomic mass is 16.3. The first-order valence-electron chi connectivity index (χ1n) is 10.1. The van der Waals surface area contributed by atoms with Crippen LogP contribution in [0.1, 0.15) is 43.7 Å². The highest BCUT2D eigenvalue weighted by molar-refractivity contribution is 5.80. The molecule has 1 aliphatic rings. The van der Waals surface area contributed by atoms with E-state index in [1.54, 1.807) is 22.9 Å². The maximum atomic E-state index is 11.8. The number of aliphatic hydroxyl groups is 1. The summed E-state index contributed by atoms with van der Waals surface area (Å²) in [6.45, 7) is 4.03. The average molecular weight is 383 g/mol. The van der Waals surface area contributed by atoms with Crippen molar-refractivity contribution in [1.82, 2.24) is 15.2 Å². The maximum absolute atomic E-state index is 11.8. The molecular formula is C22H30N4O2. The van der Waals surface area contributed by atoms with Crippen LogP contribution >= 0.6 is 0 Å². The van der Waals surface area contributed by atoms with Crippen molar-refractivity contribution in [3.8, 4) is 0 Å². The lowest BCUT2D eigenvalue weighted by molar-refractivity contribution is 0.120. The smallest absolute Gasteiger partial charge is 0.250 e. The molecule has 2 aromatic rings. The van der Waals surface area contributed by atoms with Gasteiger partial charge in [-0.3, -0.25) is 4.79 Å². The van der Waals surface area contributed by atoms with E-state index in [0.29, 0.717) is 19.1 Å². The predicted molar refractivity (Wildman–Crippen MR) is 112 cm³/mol. The third-order valence-corrected chi connectivity index (χ3v) is 5.08. The van der Waals surface area contributed by atoms with Crippen LogP contribution in [0.4, 0.5) is 0 Å². The van der Waals surface area contributed by atoms with Crippen molar-refractivity contribution >= 4 is 5.96 Å². The molecule has 3 rings (SSSR count). The van der Waals surface area contributed by atoms with Crippen molar-refractivity contribution < 1.29 is 5.11 Å². The molecule has 28 heavy (non-hydrogen) atoms. The Morgan fingerprint density at radius 1 is 1.11 bits per heavy atom. The highest BCUT2D eigenvalue weighted by Gasteiger charge is 2.19. The van der Waals surface area contributed by atoms with Crippen molar-refractivity contribution in [1.29, 1.82) is 0 Å². The highest BCUT2D eigenvalue weighted by Crippen LogP contribution is 2.18. The van der Waals surface area contributed by atoms with Crippen LogP contribution in [0.3, 0.4) is 0 Å². The molecule has 150 valence electrons. The summed E-state index contributed by atoms with van der Waals surface area (Å²) < 4.78 is 1.70. The summed E-state index contributed by atoms with van der Waals surface area (Å²) >= 11 is 0. The molecule has 1 aliphatic carbocycles. The number of nitrogens with zero attached hydrogens (tertiary/aromatic N) is 2. The van der Waals surface area contributed by atoms with Gasteiger partial charge in [0.05, 0.1) is 19.2 Å². The fraction of sp³-hybridized carbons (Fsp3) is 0.455. The third-order valence-electron chi connectivity index (χ3n) is 5.08. The van der Waals surface area contributed by atoms with Crippen LogP contribution in [0.25, 0.3) is 0 Å². The molecular weight excluding hydrogens is 352 g/mol. The zero-order valence-corrected chi connectivity index (χ0v) is 16.5. The molecule has 1 aromatic heterocycles. The van der Waals surface area contributed by atoms with Crippen LogP contribution < -0.4 is 16.2 Å². The van der Waals surface area contributed by atoms with Gasteiger partial charge in [0.2, 0.25) is 0 Å². The van der Waals surface area contributed by atoms with Crippen LogP contribution in [0.5, 0.6) is 0 Å². The Morgan fingerprint density at radius 3 is 2.50 bits per heavy atom. The number of hydrogen-bond donors (Lipinski definition) is 3. The van der Waals surface area contributed by atoms with Crippen LogP contribution in [-0.4, -0.2) is 34.3 Å². The monoisotopic (exact) mass is 382 g/mol. The number of pyridine rings is 1. The van der Waals surface area contributed by atoms with Crippen molar-refractivity contribution in [2.45, 2.75) is 57.8 Å². The van der Waals surface area contributed by atoms with Gasteiger partial charge in [-0.05, 0) is 49.8 Å². The Balaban J connectivity index is 1.58. The number of aliphatic hydroxyl groups excluding tert-OH is 1. The zero-order valence-electron chi connectivity index (χ0n) is 16.5. The molecule has 0 spiro atoms. The number of hydrogen-bond acceptors (Lipinski definition) is 3. The van der Waals surface area contributed by atoms with E-state index in [2.05, 4.69) is 29.7 Å². The van der Waals surface area contributed by atoms with Gasteiger partial charge < -0.3 is 20.3 Å². The third kappa shape index (κ3) is 5.96. The van der Waals surface area contributed by atoms with Gasteiger partial charge in [0.1, 0.15) is 0 Å². The van der Waals surface area contributed by atoms with E-state index in [1.165, 1.54) is 0 Å². The second-order valence-corrected chi connectivity index (χ2v) is 7.33. The van der Waals surface area contributed by atoms with Crippen LogP contribution in [0, 0.1) is 0 Å². The van der Waals surface area contributed by atoms with E-state index in [4.69, 9.17) is 4.99 Å². The van der Waals surface area contributed by atoms with Crippen molar-refractivity contribution in [2.75, 3.05) is 6.54 Å². The second kappa shape index (κ2) is 10.1. The first-order valence-corrected chi connectivity index (χ1v) is 10.1. The number of guanidine groups is 1. The largest absolute Gasteiger partial charge is 0.393 e. The van der Waals surface area contributed by atoms with E-state index in [9.17, 15) is 9.90 Å². The van der Waals surface area contributed by atoms with Gasteiger partial charge >= 0.3 is 0 Å². The zero-order chi connectivity index (χ0) is 19.8. The Hall–Kier alpha value is -2.60. The Kier molecular flexibility index (Phi) is 7.25. The SMILES string of the molecule is CCNC(=NCc1ccc(Cn2ccccc2=O)cc1)NC1CCC(O)CC1. The quantitative estimate of drug-likeness (QED) is 0.529. The number of aromatic nitrogens is 1.